The summed E-state index contributed by atoms with van der Waals surface area (Å²) in [6.07, 6.45) is -4.78. The van der Waals surface area contributed by atoms with Crippen LogP contribution in [0.4, 0.5) is 18.9 Å². The van der Waals surface area contributed by atoms with E-state index >= 15 is 0 Å². The quantitative estimate of drug-likeness (QED) is 0.910. The maximum atomic E-state index is 12.1. The first kappa shape index (κ1) is 15.3. The van der Waals surface area contributed by atoms with Crippen LogP contribution in [0.15, 0.2) is 41.8 Å². The van der Waals surface area contributed by atoms with Gasteiger partial charge in [-0.15, -0.1) is 24.5 Å². The molecule has 1 unspecified atom stereocenters. The maximum Gasteiger partial charge on any atom is 0.573 e. The lowest BCUT2D eigenvalue weighted by molar-refractivity contribution is -0.274. The molecule has 8 heteroatoms. The molecule has 0 saturated carbocycles. The van der Waals surface area contributed by atoms with Crippen LogP contribution in [0.5, 0.6) is 5.75 Å². The molecule has 0 radical (unpaired) electrons. The Morgan fingerprint density at radius 1 is 1.29 bits per heavy atom. The predicted octanol–water partition coefficient (Wildman–Crippen LogP) is 3.29. The van der Waals surface area contributed by atoms with E-state index in [1.807, 2.05) is 0 Å². The zero-order valence-corrected chi connectivity index (χ0v) is 11.4. The summed E-state index contributed by atoms with van der Waals surface area (Å²) in [5, 5.41) is 4.23. The Balaban J connectivity index is 2.06. The smallest absolute Gasteiger partial charge is 0.406 e. The van der Waals surface area contributed by atoms with E-state index in [2.05, 4.69) is 10.1 Å². The molecule has 1 aromatic heterocycles. The van der Waals surface area contributed by atoms with Crippen LogP contribution < -0.4 is 15.8 Å². The lowest BCUT2D eigenvalue weighted by Gasteiger charge is -2.13. The highest BCUT2D eigenvalue weighted by Gasteiger charge is 2.31. The average Bonchev–Trinajstić information content (AvgIpc) is 2.89. The molecule has 1 atom stereocenters. The van der Waals surface area contributed by atoms with Gasteiger partial charge in [0.25, 0.3) is 0 Å². The Kier molecular flexibility index (Phi) is 4.49. The number of anilines is 1. The number of alkyl halides is 3. The summed E-state index contributed by atoms with van der Waals surface area (Å²) >= 11 is 1.32. The molecule has 0 spiro atoms. The van der Waals surface area contributed by atoms with E-state index in [4.69, 9.17) is 5.73 Å². The number of ether oxygens (including phenoxy) is 1. The molecule has 1 heterocycles. The number of hydrogen-bond acceptors (Lipinski definition) is 4. The van der Waals surface area contributed by atoms with E-state index in [1.165, 1.54) is 23.5 Å². The summed E-state index contributed by atoms with van der Waals surface area (Å²) in [7, 11) is 0. The average molecular weight is 316 g/mol. The van der Waals surface area contributed by atoms with Crippen LogP contribution in [0.1, 0.15) is 10.9 Å². The van der Waals surface area contributed by atoms with Gasteiger partial charge in [-0.3, -0.25) is 4.79 Å². The molecule has 112 valence electrons. The maximum absolute atomic E-state index is 12.1. The lowest BCUT2D eigenvalue weighted by atomic mass is 10.2. The molecule has 0 aliphatic carbocycles. The van der Waals surface area contributed by atoms with Gasteiger partial charge in [-0.05, 0) is 23.6 Å². The Morgan fingerprint density at radius 2 is 2.05 bits per heavy atom. The van der Waals surface area contributed by atoms with Crippen molar-refractivity contribution in [1.82, 2.24) is 0 Å². The largest absolute Gasteiger partial charge is 0.573 e. The molecule has 3 N–H and O–H groups in total. The third kappa shape index (κ3) is 4.47. The van der Waals surface area contributed by atoms with Gasteiger partial charge in [-0.1, -0.05) is 12.1 Å². The lowest BCUT2D eigenvalue weighted by Crippen LogP contribution is -2.27. The Bertz CT molecular complexity index is 614. The summed E-state index contributed by atoms with van der Waals surface area (Å²) in [4.78, 5) is 12.6. The highest BCUT2D eigenvalue weighted by molar-refractivity contribution is 7.10. The van der Waals surface area contributed by atoms with Gasteiger partial charge in [0, 0.05) is 16.6 Å². The fraction of sp³-hybridized carbons (Fsp3) is 0.154. The molecule has 0 aliphatic rings. The van der Waals surface area contributed by atoms with E-state index in [0.717, 1.165) is 12.1 Å². The van der Waals surface area contributed by atoms with Crippen LogP contribution in [0.25, 0.3) is 0 Å². The molecule has 2 aromatic rings. The molecule has 21 heavy (non-hydrogen) atoms. The number of amides is 1. The highest BCUT2D eigenvalue weighted by Crippen LogP contribution is 2.25. The van der Waals surface area contributed by atoms with Gasteiger partial charge in [0.05, 0.1) is 0 Å². The van der Waals surface area contributed by atoms with Gasteiger partial charge in [-0.25, -0.2) is 0 Å². The van der Waals surface area contributed by atoms with Crippen molar-refractivity contribution in [1.29, 1.82) is 0 Å². The number of carbonyl (C=O) groups excluding carboxylic acids is 1. The molecule has 1 amide bonds. The van der Waals surface area contributed by atoms with Crippen LogP contribution in [-0.4, -0.2) is 12.3 Å². The Morgan fingerprint density at radius 3 is 2.67 bits per heavy atom. The van der Waals surface area contributed by atoms with Crippen molar-refractivity contribution < 1.29 is 22.7 Å². The fourth-order valence-corrected chi connectivity index (χ4v) is 2.31. The topological polar surface area (TPSA) is 64.4 Å². The van der Waals surface area contributed by atoms with Crippen molar-refractivity contribution in [2.75, 3.05) is 5.32 Å². The molecular weight excluding hydrogens is 305 g/mol. The molecule has 0 fully saturated rings. The summed E-state index contributed by atoms with van der Waals surface area (Å²) in [5.41, 5.74) is 5.93. The van der Waals surface area contributed by atoms with Crippen LogP contribution in [0.3, 0.4) is 0 Å². The highest BCUT2D eigenvalue weighted by atomic mass is 32.1. The number of thiophene rings is 1. The van der Waals surface area contributed by atoms with E-state index in [1.54, 1.807) is 17.5 Å². The van der Waals surface area contributed by atoms with Crippen molar-refractivity contribution in [3.05, 3.63) is 46.7 Å². The normalized spacial score (nSPS) is 12.8. The number of halogens is 3. The molecule has 1 aromatic carbocycles. The standard InChI is InChI=1S/C13H11F3N2O2S/c14-13(15,16)20-9-4-1-3-8(7-9)18-12(19)11(17)10-5-2-6-21-10/h1-7,11H,17H2,(H,18,19). The van der Waals surface area contributed by atoms with Crippen LogP contribution in [0.2, 0.25) is 0 Å². The van der Waals surface area contributed by atoms with E-state index in [9.17, 15) is 18.0 Å². The number of nitrogens with one attached hydrogen (secondary N) is 1. The second-order valence-electron chi connectivity index (χ2n) is 4.06. The van der Waals surface area contributed by atoms with Crippen molar-refractivity contribution in [3.63, 3.8) is 0 Å². The molecule has 0 bridgehead atoms. The number of hydrogen-bond donors (Lipinski definition) is 2. The van der Waals surface area contributed by atoms with Gasteiger partial charge in [-0.2, -0.15) is 0 Å². The SMILES string of the molecule is NC(C(=O)Nc1cccc(OC(F)(F)F)c1)c1cccs1. The number of carbonyl (C=O) groups is 1. The van der Waals surface area contributed by atoms with Crippen molar-refractivity contribution in [3.8, 4) is 5.75 Å². The van der Waals surface area contributed by atoms with Crippen molar-refractivity contribution in [2.24, 2.45) is 5.73 Å². The van der Waals surface area contributed by atoms with E-state index in [-0.39, 0.29) is 5.69 Å². The second-order valence-corrected chi connectivity index (χ2v) is 5.04. The van der Waals surface area contributed by atoms with Gasteiger partial charge in [0.1, 0.15) is 11.8 Å². The Labute approximate surface area is 122 Å². The molecular formula is C13H11F3N2O2S. The second kappa shape index (κ2) is 6.15. The van der Waals surface area contributed by atoms with Gasteiger partial charge in [0.2, 0.25) is 5.91 Å². The summed E-state index contributed by atoms with van der Waals surface area (Å²) in [6.45, 7) is 0. The number of nitrogens with two attached hydrogens (primary N) is 1. The minimum absolute atomic E-state index is 0.175. The van der Waals surface area contributed by atoms with Crippen LogP contribution in [0, 0.1) is 0 Å². The van der Waals surface area contributed by atoms with Crippen molar-refractivity contribution >= 4 is 22.9 Å². The molecule has 0 aliphatic heterocycles. The van der Waals surface area contributed by atoms with E-state index < -0.39 is 24.1 Å². The third-order valence-electron chi connectivity index (χ3n) is 2.47. The zero-order chi connectivity index (χ0) is 15.5. The van der Waals surface area contributed by atoms with Gasteiger partial charge in [0.15, 0.2) is 0 Å². The minimum atomic E-state index is -4.78. The third-order valence-corrected chi connectivity index (χ3v) is 3.42. The summed E-state index contributed by atoms with van der Waals surface area (Å²) in [6, 6.07) is 7.59. The molecule has 4 nitrogen and oxygen atoms in total. The summed E-state index contributed by atoms with van der Waals surface area (Å²) < 4.78 is 40.1. The first-order valence-electron chi connectivity index (χ1n) is 5.81. The predicted molar refractivity (Wildman–Crippen MR) is 73.0 cm³/mol. The van der Waals surface area contributed by atoms with E-state index in [0.29, 0.717) is 4.88 Å². The molecule has 0 saturated heterocycles. The molecule has 2 rings (SSSR count). The number of benzene rings is 1. The number of rotatable bonds is 4. The minimum Gasteiger partial charge on any atom is -0.406 e. The monoisotopic (exact) mass is 316 g/mol. The van der Waals surface area contributed by atoms with Crippen LogP contribution >= 0.6 is 11.3 Å². The van der Waals surface area contributed by atoms with Gasteiger partial charge < -0.3 is 15.8 Å². The van der Waals surface area contributed by atoms with Crippen molar-refractivity contribution in [2.45, 2.75) is 12.4 Å². The van der Waals surface area contributed by atoms with Crippen LogP contribution in [-0.2, 0) is 4.79 Å². The first-order chi connectivity index (χ1) is 9.85. The Hall–Kier alpha value is -2.06. The summed E-state index contributed by atoms with van der Waals surface area (Å²) in [5.74, 6) is -0.924. The zero-order valence-electron chi connectivity index (χ0n) is 10.6. The van der Waals surface area contributed by atoms with Gasteiger partial charge >= 0.3 is 6.36 Å². The first-order valence-corrected chi connectivity index (χ1v) is 6.69. The fourth-order valence-electron chi connectivity index (χ4n) is 1.59.